The molecule has 0 saturated heterocycles. The van der Waals surface area contributed by atoms with E-state index in [1.54, 1.807) is 4.90 Å². The zero-order chi connectivity index (χ0) is 16.9. The predicted molar refractivity (Wildman–Crippen MR) is 92.8 cm³/mol. The van der Waals surface area contributed by atoms with Crippen molar-refractivity contribution in [1.82, 2.24) is 4.41 Å². The van der Waals surface area contributed by atoms with Gasteiger partial charge in [-0.25, -0.2) is 4.39 Å². The first-order valence-electron chi connectivity index (χ1n) is 6.81. The van der Waals surface area contributed by atoms with E-state index in [2.05, 4.69) is 9.82 Å². The van der Waals surface area contributed by atoms with Gasteiger partial charge in [0.25, 0.3) is 0 Å². The van der Waals surface area contributed by atoms with Gasteiger partial charge in [0.2, 0.25) is 0 Å². The van der Waals surface area contributed by atoms with E-state index >= 15 is 0 Å². The lowest BCUT2D eigenvalue weighted by molar-refractivity contribution is 0.446. The molecule has 2 aliphatic rings. The summed E-state index contributed by atoms with van der Waals surface area (Å²) in [4.78, 5) is 2.75. The van der Waals surface area contributed by atoms with Gasteiger partial charge < -0.3 is 0 Å². The summed E-state index contributed by atoms with van der Waals surface area (Å²) in [7, 11) is -3.97. The van der Waals surface area contributed by atoms with E-state index in [4.69, 9.17) is 11.6 Å². The molecule has 0 aromatic heterocycles. The van der Waals surface area contributed by atoms with Gasteiger partial charge in [0.1, 0.15) is 12.2 Å². The number of para-hydroxylation sites is 1. The van der Waals surface area contributed by atoms with Crippen LogP contribution in [0.25, 0.3) is 0 Å². The Morgan fingerprint density at radius 1 is 1.25 bits per heavy atom. The number of hydrogen-bond acceptors (Lipinski definition) is 5. The average molecular weight is 385 g/mol. The van der Waals surface area contributed by atoms with Gasteiger partial charge in [-0.05, 0) is 30.3 Å². The highest BCUT2D eigenvalue weighted by Gasteiger charge is 2.43. The molecule has 2 aromatic rings. The van der Waals surface area contributed by atoms with Gasteiger partial charge in [0.15, 0.2) is 5.50 Å². The largest absolute Gasteiger partial charge is 0.341 e. The van der Waals surface area contributed by atoms with Gasteiger partial charge in [0.05, 0.1) is 16.4 Å². The maximum Gasteiger partial charge on any atom is 0.341 e. The summed E-state index contributed by atoms with van der Waals surface area (Å²) in [6, 6.07) is 11.2. The Hall–Kier alpha value is -1.97. The molecule has 2 aromatic carbocycles. The number of nitrogens with one attached hydrogen (secondary N) is 1. The second-order valence-corrected chi connectivity index (χ2v) is 8.09. The van der Waals surface area contributed by atoms with Crippen LogP contribution in [-0.4, -0.2) is 24.7 Å². The molecule has 1 atom stereocenters. The number of thioether (sulfide) groups is 1. The molecular formula is C14H10ClFN4O2S2. The first-order valence-corrected chi connectivity index (χ1v) is 9.51. The molecule has 0 aliphatic carbocycles. The lowest BCUT2D eigenvalue weighted by Crippen LogP contribution is -2.40. The average Bonchev–Trinajstić information content (AvgIpc) is 3.09. The van der Waals surface area contributed by atoms with Crippen molar-refractivity contribution in [3.8, 4) is 0 Å². The summed E-state index contributed by atoms with van der Waals surface area (Å²) >= 11 is 7.07. The van der Waals surface area contributed by atoms with E-state index < -0.39 is 21.5 Å². The van der Waals surface area contributed by atoms with Crippen molar-refractivity contribution in [2.24, 2.45) is 5.10 Å². The number of fused-ring (bicyclic) bond motifs is 3. The second kappa shape index (κ2) is 5.54. The minimum atomic E-state index is -3.97. The van der Waals surface area contributed by atoms with Crippen LogP contribution < -0.4 is 9.62 Å². The van der Waals surface area contributed by atoms with Gasteiger partial charge in [-0.3, -0.25) is 9.62 Å². The number of benzene rings is 2. The first kappa shape index (κ1) is 15.6. The Labute approximate surface area is 147 Å². The van der Waals surface area contributed by atoms with E-state index in [0.717, 1.165) is 21.1 Å². The Balaban J connectivity index is 1.60. The quantitative estimate of drug-likeness (QED) is 0.881. The third kappa shape index (κ3) is 2.48. The van der Waals surface area contributed by atoms with Gasteiger partial charge in [-0.1, -0.05) is 35.5 Å². The Morgan fingerprint density at radius 3 is 2.83 bits per heavy atom. The number of hydrogen-bond donors (Lipinski definition) is 1. The van der Waals surface area contributed by atoms with Crippen molar-refractivity contribution in [2.75, 3.05) is 9.62 Å². The molecule has 10 heteroatoms. The zero-order valence-corrected chi connectivity index (χ0v) is 14.3. The van der Waals surface area contributed by atoms with E-state index in [0.29, 0.717) is 0 Å². The molecule has 0 saturated carbocycles. The molecule has 1 N–H and O–H groups in total. The number of halogens is 2. The topological polar surface area (TPSA) is 65.0 Å². The molecule has 2 heterocycles. The van der Waals surface area contributed by atoms with Crippen LogP contribution >= 0.6 is 23.4 Å². The monoisotopic (exact) mass is 384 g/mol. The summed E-state index contributed by atoms with van der Waals surface area (Å²) < 4.78 is 41.8. The normalized spacial score (nSPS) is 18.7. The number of rotatable bonds is 3. The molecule has 0 bridgehead atoms. The van der Waals surface area contributed by atoms with Crippen molar-refractivity contribution in [3.05, 3.63) is 53.3 Å². The number of nitrogens with zero attached hydrogens (tertiary/aromatic N) is 3. The van der Waals surface area contributed by atoms with Crippen LogP contribution in [0.15, 0.2) is 52.5 Å². The highest BCUT2D eigenvalue weighted by atomic mass is 35.5. The lowest BCUT2D eigenvalue weighted by atomic mass is 10.3. The molecule has 124 valence electrons. The predicted octanol–water partition coefficient (Wildman–Crippen LogP) is 3.29. The molecule has 0 amide bonds. The summed E-state index contributed by atoms with van der Waals surface area (Å²) in [5.74, 6) is -0.619. The van der Waals surface area contributed by atoms with Crippen molar-refractivity contribution in [2.45, 2.75) is 10.4 Å². The maximum absolute atomic E-state index is 13.2. The third-order valence-corrected chi connectivity index (χ3v) is 6.45. The van der Waals surface area contributed by atoms with E-state index in [1.165, 1.54) is 30.2 Å². The molecule has 1 unspecified atom stereocenters. The minimum absolute atomic E-state index is 0.163. The molecule has 4 rings (SSSR count). The Bertz CT molecular complexity index is 954. The van der Waals surface area contributed by atoms with Crippen molar-refractivity contribution >= 4 is 51.3 Å². The highest BCUT2D eigenvalue weighted by Crippen LogP contribution is 2.46. The van der Waals surface area contributed by atoms with Crippen LogP contribution in [0.2, 0.25) is 5.02 Å². The fourth-order valence-electron chi connectivity index (χ4n) is 2.43. The zero-order valence-electron chi connectivity index (χ0n) is 11.9. The molecular weight excluding hydrogens is 375 g/mol. The summed E-state index contributed by atoms with van der Waals surface area (Å²) in [5, 5.41) is 3.82. The summed E-state index contributed by atoms with van der Waals surface area (Å²) in [6.07, 6.45) is 1.47. The maximum atomic E-state index is 13.2. The SMILES string of the molecule is O=S(=O)(Nc1ccc(F)c(Cl)c1)N1N=CN2c3ccccc3SC21. The van der Waals surface area contributed by atoms with Gasteiger partial charge in [-0.15, -0.1) is 9.52 Å². The minimum Gasteiger partial charge on any atom is -0.297 e. The lowest BCUT2D eigenvalue weighted by Gasteiger charge is -2.23. The van der Waals surface area contributed by atoms with Crippen LogP contribution in [0.4, 0.5) is 15.8 Å². The smallest absolute Gasteiger partial charge is 0.297 e. The van der Waals surface area contributed by atoms with Crippen molar-refractivity contribution in [1.29, 1.82) is 0 Å². The fourth-order valence-corrected chi connectivity index (χ4v) is 5.21. The molecule has 2 aliphatic heterocycles. The Morgan fingerprint density at radius 2 is 2.04 bits per heavy atom. The van der Waals surface area contributed by atoms with Gasteiger partial charge in [0, 0.05) is 4.90 Å². The fraction of sp³-hybridized carbons (Fsp3) is 0.0714. The molecule has 0 fully saturated rings. The van der Waals surface area contributed by atoms with Gasteiger partial charge in [-0.2, -0.15) is 8.42 Å². The van der Waals surface area contributed by atoms with Crippen LogP contribution in [0.3, 0.4) is 0 Å². The molecule has 0 spiro atoms. The first-order chi connectivity index (χ1) is 11.5. The van der Waals surface area contributed by atoms with E-state index in [1.807, 2.05) is 24.3 Å². The van der Waals surface area contributed by atoms with Crippen LogP contribution in [0.1, 0.15) is 0 Å². The number of hydrazone groups is 1. The standard InChI is InChI=1S/C14H10ClFN4O2S2/c15-10-7-9(5-6-11(10)16)18-24(21,22)20-14-19(8-17-20)12-3-1-2-4-13(12)23-14/h1-8,14,18H. The second-order valence-electron chi connectivity index (χ2n) is 5.06. The molecule has 24 heavy (non-hydrogen) atoms. The van der Waals surface area contributed by atoms with Crippen LogP contribution in [0.5, 0.6) is 0 Å². The van der Waals surface area contributed by atoms with Crippen LogP contribution in [0, 0.1) is 5.82 Å². The van der Waals surface area contributed by atoms with E-state index in [9.17, 15) is 12.8 Å². The van der Waals surface area contributed by atoms with E-state index in [-0.39, 0.29) is 10.7 Å². The van der Waals surface area contributed by atoms with Gasteiger partial charge >= 0.3 is 10.2 Å². The number of anilines is 2. The summed E-state index contributed by atoms with van der Waals surface area (Å²) in [6.45, 7) is 0. The molecule has 6 nitrogen and oxygen atoms in total. The highest BCUT2D eigenvalue weighted by molar-refractivity contribution is 8.01. The Kier molecular flexibility index (Phi) is 3.59. The summed E-state index contributed by atoms with van der Waals surface area (Å²) in [5.41, 5.74) is 0.533. The third-order valence-electron chi connectivity index (χ3n) is 3.51. The van der Waals surface area contributed by atoms with Crippen LogP contribution in [-0.2, 0) is 10.2 Å². The van der Waals surface area contributed by atoms with Crippen molar-refractivity contribution in [3.63, 3.8) is 0 Å². The molecule has 0 radical (unpaired) electrons. The van der Waals surface area contributed by atoms with Crippen molar-refractivity contribution < 1.29 is 12.8 Å².